The average Bonchev–Trinajstić information content (AvgIpc) is 1.56. The third-order valence-corrected chi connectivity index (χ3v) is 2.13. The van der Waals surface area contributed by atoms with E-state index < -0.39 is 21.0 Å². The molecule has 1 amide bonds. The van der Waals surface area contributed by atoms with Gasteiger partial charge in [-0.2, -0.15) is 8.42 Å². The zero-order chi connectivity index (χ0) is 9.28. The van der Waals surface area contributed by atoms with Gasteiger partial charge in [0.2, 0.25) is 10.9 Å². The van der Waals surface area contributed by atoms with E-state index in [1.807, 2.05) is 5.32 Å². The summed E-state index contributed by atoms with van der Waals surface area (Å²) in [6.07, 6.45) is 0. The minimum Gasteiger partial charge on any atom is -0.324 e. The van der Waals surface area contributed by atoms with Gasteiger partial charge in [0.25, 0.3) is 0 Å². The van der Waals surface area contributed by atoms with Crippen molar-refractivity contribution >= 4 is 16.0 Å². The van der Waals surface area contributed by atoms with Crippen LogP contribution in [0.3, 0.4) is 0 Å². The van der Waals surface area contributed by atoms with Gasteiger partial charge >= 0.3 is 10.1 Å². The van der Waals surface area contributed by atoms with Gasteiger partial charge in [-0.3, -0.25) is 15.1 Å². The van der Waals surface area contributed by atoms with Crippen molar-refractivity contribution in [2.45, 2.75) is 18.8 Å². The number of rotatable bonds is 2. The van der Waals surface area contributed by atoms with Crippen LogP contribution in [0.5, 0.6) is 0 Å². The molecule has 0 aliphatic carbocycles. The van der Waals surface area contributed by atoms with Crippen molar-refractivity contribution < 1.29 is 17.8 Å². The topological polar surface area (TPSA) is 109 Å². The lowest BCUT2D eigenvalue weighted by molar-refractivity contribution is -0.119. The summed E-state index contributed by atoms with van der Waals surface area (Å²) in [6.45, 7) is 2.07. The van der Waals surface area contributed by atoms with Crippen molar-refractivity contribution in [1.29, 1.82) is 0 Å². The normalized spacial score (nSPS) is 17.1. The SMILES string of the molecule is CC(=O)NC(C)(N)S(=O)(=O)O. The van der Waals surface area contributed by atoms with Gasteiger partial charge in [-0.15, -0.1) is 0 Å². The first-order valence-corrected chi connectivity index (χ1v) is 4.15. The molecule has 0 aromatic rings. The van der Waals surface area contributed by atoms with Crippen LogP contribution in [0.2, 0.25) is 0 Å². The van der Waals surface area contributed by atoms with Gasteiger partial charge in [0, 0.05) is 6.92 Å². The van der Waals surface area contributed by atoms with Crippen LogP contribution >= 0.6 is 0 Å². The molecule has 1 unspecified atom stereocenters. The molecule has 4 N–H and O–H groups in total. The highest BCUT2D eigenvalue weighted by atomic mass is 32.2. The largest absolute Gasteiger partial charge is 0.324 e. The Labute approximate surface area is 64.5 Å². The summed E-state index contributed by atoms with van der Waals surface area (Å²) >= 11 is 0. The maximum absolute atomic E-state index is 10.4. The lowest BCUT2D eigenvalue weighted by atomic mass is 10.5. The third-order valence-electron chi connectivity index (χ3n) is 0.960. The van der Waals surface area contributed by atoms with Crippen LogP contribution in [-0.4, -0.2) is 23.9 Å². The number of carbonyl (C=O) groups excluding carboxylic acids is 1. The fourth-order valence-electron chi connectivity index (χ4n) is 0.414. The molecule has 7 heteroatoms. The highest BCUT2D eigenvalue weighted by Gasteiger charge is 2.33. The number of amides is 1. The number of hydrogen-bond donors (Lipinski definition) is 3. The molecule has 0 spiro atoms. The Bertz CT molecular complexity index is 255. The van der Waals surface area contributed by atoms with Crippen LogP contribution < -0.4 is 11.1 Å². The monoisotopic (exact) mass is 182 g/mol. The summed E-state index contributed by atoms with van der Waals surface area (Å²) < 4.78 is 29.2. The molecule has 0 saturated carbocycles. The fraction of sp³-hybridized carbons (Fsp3) is 0.750. The number of nitrogens with one attached hydrogen (secondary N) is 1. The van der Waals surface area contributed by atoms with E-state index in [1.54, 1.807) is 0 Å². The minimum atomic E-state index is -4.45. The van der Waals surface area contributed by atoms with Gasteiger partial charge in [-0.25, -0.2) is 0 Å². The summed E-state index contributed by atoms with van der Waals surface area (Å²) in [6, 6.07) is 0. The maximum atomic E-state index is 10.4. The van der Waals surface area contributed by atoms with E-state index >= 15 is 0 Å². The van der Waals surface area contributed by atoms with Crippen molar-refractivity contribution in [1.82, 2.24) is 5.32 Å². The molecule has 0 bridgehead atoms. The quantitative estimate of drug-likeness (QED) is 0.361. The third kappa shape index (κ3) is 2.83. The van der Waals surface area contributed by atoms with Gasteiger partial charge < -0.3 is 5.32 Å². The molecule has 66 valence electrons. The summed E-state index contributed by atoms with van der Waals surface area (Å²) in [5.74, 6) is -0.632. The lowest BCUT2D eigenvalue weighted by Gasteiger charge is -2.20. The molecule has 0 aliphatic rings. The molecule has 0 heterocycles. The highest BCUT2D eigenvalue weighted by Crippen LogP contribution is 2.02. The molecule has 0 aromatic carbocycles. The second-order valence-corrected chi connectivity index (χ2v) is 4.06. The standard InChI is InChI=1S/C4H10N2O4S/c1-3(7)6-4(2,5)11(8,9)10/h5H2,1-2H3,(H,6,7)(H,8,9,10). The number of hydrogen-bond acceptors (Lipinski definition) is 4. The van der Waals surface area contributed by atoms with Gasteiger partial charge in [0.1, 0.15) is 0 Å². The smallest absolute Gasteiger partial charge is 0.302 e. The molecule has 0 radical (unpaired) electrons. The number of carbonyl (C=O) groups is 1. The Hall–Kier alpha value is -0.660. The molecule has 0 rings (SSSR count). The highest BCUT2D eigenvalue weighted by molar-refractivity contribution is 7.87. The predicted molar refractivity (Wildman–Crippen MR) is 38.0 cm³/mol. The molecule has 1 atom stereocenters. The Morgan fingerprint density at radius 1 is 1.64 bits per heavy atom. The first kappa shape index (κ1) is 10.3. The minimum absolute atomic E-state index is 0.632. The maximum Gasteiger partial charge on any atom is 0.302 e. The van der Waals surface area contributed by atoms with Crippen LogP contribution in [0.15, 0.2) is 0 Å². The van der Waals surface area contributed by atoms with E-state index in [1.165, 1.54) is 0 Å². The Morgan fingerprint density at radius 3 is 2.09 bits per heavy atom. The van der Waals surface area contributed by atoms with Crippen LogP contribution in [0.1, 0.15) is 13.8 Å². The summed E-state index contributed by atoms with van der Waals surface area (Å²) in [4.78, 5) is 8.23. The molecule has 0 aliphatic heterocycles. The van der Waals surface area contributed by atoms with Gasteiger partial charge in [0.05, 0.1) is 0 Å². The van der Waals surface area contributed by atoms with Gasteiger partial charge in [-0.1, -0.05) is 0 Å². The van der Waals surface area contributed by atoms with Crippen LogP contribution in [0.25, 0.3) is 0 Å². The molecule has 0 saturated heterocycles. The zero-order valence-corrected chi connectivity index (χ0v) is 6.97. The second kappa shape index (κ2) is 2.76. The van der Waals surface area contributed by atoms with Gasteiger partial charge in [0.15, 0.2) is 0 Å². The summed E-state index contributed by atoms with van der Waals surface area (Å²) in [5.41, 5.74) is 5.02. The van der Waals surface area contributed by atoms with Crippen LogP contribution in [-0.2, 0) is 14.9 Å². The zero-order valence-electron chi connectivity index (χ0n) is 6.16. The molecular formula is C4H10N2O4S. The Balaban J connectivity index is 4.62. The van der Waals surface area contributed by atoms with Crippen molar-refractivity contribution in [2.75, 3.05) is 0 Å². The van der Waals surface area contributed by atoms with Crippen molar-refractivity contribution in [3.63, 3.8) is 0 Å². The van der Waals surface area contributed by atoms with E-state index in [9.17, 15) is 13.2 Å². The molecular weight excluding hydrogens is 172 g/mol. The fourth-order valence-corrected chi connectivity index (χ4v) is 0.687. The Morgan fingerprint density at radius 2 is 2.00 bits per heavy atom. The first-order chi connectivity index (χ1) is 4.67. The lowest BCUT2D eigenvalue weighted by Crippen LogP contribution is -2.58. The molecule has 6 nitrogen and oxygen atoms in total. The van der Waals surface area contributed by atoms with Crippen LogP contribution in [0.4, 0.5) is 0 Å². The van der Waals surface area contributed by atoms with Crippen molar-refractivity contribution in [2.24, 2.45) is 5.73 Å². The van der Waals surface area contributed by atoms with Crippen molar-refractivity contribution in [3.05, 3.63) is 0 Å². The average molecular weight is 182 g/mol. The molecule has 11 heavy (non-hydrogen) atoms. The van der Waals surface area contributed by atoms with Gasteiger partial charge in [-0.05, 0) is 6.92 Å². The van der Waals surface area contributed by atoms with E-state index in [2.05, 4.69) is 0 Å². The van der Waals surface area contributed by atoms with Crippen LogP contribution in [0, 0.1) is 0 Å². The van der Waals surface area contributed by atoms with E-state index in [4.69, 9.17) is 10.3 Å². The Kier molecular flexibility index (Phi) is 2.60. The van der Waals surface area contributed by atoms with Crippen molar-refractivity contribution in [3.8, 4) is 0 Å². The van der Waals surface area contributed by atoms with E-state index in [-0.39, 0.29) is 0 Å². The summed E-state index contributed by atoms with van der Waals surface area (Å²) in [7, 11) is -4.45. The van der Waals surface area contributed by atoms with E-state index in [0.29, 0.717) is 0 Å². The molecule has 0 aromatic heterocycles. The summed E-state index contributed by atoms with van der Waals surface area (Å²) in [5, 5.41) is 1.86. The molecule has 0 fully saturated rings. The second-order valence-electron chi connectivity index (χ2n) is 2.26. The number of nitrogens with two attached hydrogens (primary N) is 1. The predicted octanol–water partition coefficient (Wildman–Crippen LogP) is -1.36. The first-order valence-electron chi connectivity index (χ1n) is 2.71. The van der Waals surface area contributed by atoms with E-state index in [0.717, 1.165) is 13.8 Å².